The van der Waals surface area contributed by atoms with Gasteiger partial charge in [0.1, 0.15) is 0 Å². The molecule has 2 saturated heterocycles. The van der Waals surface area contributed by atoms with Crippen LogP contribution in [0.25, 0.3) is 0 Å². The highest BCUT2D eigenvalue weighted by Gasteiger charge is 2.60. The van der Waals surface area contributed by atoms with Crippen LogP contribution in [-0.2, 0) is 14.3 Å². The molecule has 0 aromatic carbocycles. The lowest BCUT2D eigenvalue weighted by Gasteiger charge is -2.11. The van der Waals surface area contributed by atoms with Crippen LogP contribution in [0, 0.1) is 23.7 Å². The van der Waals surface area contributed by atoms with E-state index in [-0.39, 0.29) is 30.0 Å². The second-order valence-electron chi connectivity index (χ2n) is 4.31. The molecule has 5 nitrogen and oxygen atoms in total. The summed E-state index contributed by atoms with van der Waals surface area (Å²) in [5.41, 5.74) is 0. The van der Waals surface area contributed by atoms with Crippen LogP contribution >= 0.6 is 0 Å². The van der Waals surface area contributed by atoms with Crippen LogP contribution in [0.1, 0.15) is 6.42 Å². The fourth-order valence-corrected chi connectivity index (χ4v) is 3.12. The molecule has 0 aromatic heterocycles. The van der Waals surface area contributed by atoms with Gasteiger partial charge < -0.3 is 19.7 Å². The summed E-state index contributed by atoms with van der Waals surface area (Å²) in [6.45, 7) is 0.454. The molecule has 3 fully saturated rings. The van der Waals surface area contributed by atoms with Crippen LogP contribution in [0.3, 0.4) is 0 Å². The van der Waals surface area contributed by atoms with E-state index in [1.807, 2.05) is 0 Å². The molecule has 3 rings (SSSR count). The highest BCUT2D eigenvalue weighted by atomic mass is 16.7. The maximum atomic E-state index is 10.9. The van der Waals surface area contributed by atoms with Crippen molar-refractivity contribution in [3.63, 3.8) is 0 Å². The molecule has 3 aliphatic rings. The summed E-state index contributed by atoms with van der Waals surface area (Å²) in [6, 6.07) is 0. The van der Waals surface area contributed by atoms with Crippen molar-refractivity contribution >= 4 is 5.97 Å². The van der Waals surface area contributed by atoms with Gasteiger partial charge in [-0.25, -0.2) is 0 Å². The number of aliphatic carboxylic acids is 1. The average molecular weight is 200 g/mol. The highest BCUT2D eigenvalue weighted by molar-refractivity contribution is 5.71. The lowest BCUT2D eigenvalue weighted by atomic mass is 9.90. The van der Waals surface area contributed by atoms with Gasteiger partial charge in [-0.05, 0) is 6.42 Å². The summed E-state index contributed by atoms with van der Waals surface area (Å²) in [5, 5.41) is 18.5. The number of aliphatic hydroxyl groups excluding tert-OH is 1. The maximum Gasteiger partial charge on any atom is 0.306 e. The van der Waals surface area contributed by atoms with E-state index in [4.69, 9.17) is 14.6 Å². The van der Waals surface area contributed by atoms with E-state index < -0.39 is 12.3 Å². The molecule has 0 radical (unpaired) electrons. The lowest BCUT2D eigenvalue weighted by molar-refractivity contribution is -0.181. The van der Waals surface area contributed by atoms with Gasteiger partial charge in [0.05, 0.1) is 12.5 Å². The first-order valence-corrected chi connectivity index (χ1v) is 4.86. The van der Waals surface area contributed by atoms with E-state index in [9.17, 15) is 9.90 Å². The van der Waals surface area contributed by atoms with Crippen LogP contribution < -0.4 is 0 Å². The first-order chi connectivity index (χ1) is 6.68. The minimum atomic E-state index is -0.836. The Kier molecular flexibility index (Phi) is 1.66. The van der Waals surface area contributed by atoms with Crippen molar-refractivity contribution in [2.75, 3.05) is 6.61 Å². The maximum absolute atomic E-state index is 10.9. The summed E-state index contributed by atoms with van der Waals surface area (Å²) < 4.78 is 10.5. The fraction of sp³-hybridized carbons (Fsp3) is 0.889. The van der Waals surface area contributed by atoms with Gasteiger partial charge in [-0.3, -0.25) is 4.79 Å². The van der Waals surface area contributed by atoms with Crippen molar-refractivity contribution in [3.8, 4) is 0 Å². The van der Waals surface area contributed by atoms with E-state index >= 15 is 0 Å². The Bertz CT molecular complexity index is 278. The predicted octanol–water partition coefficient (Wildman–Crippen LogP) is -0.356. The third-order valence-electron chi connectivity index (χ3n) is 3.76. The molecule has 0 aromatic rings. The number of aliphatic hydroxyl groups is 1. The van der Waals surface area contributed by atoms with Crippen LogP contribution in [0.4, 0.5) is 0 Å². The number of ether oxygens (including phenoxy) is 2. The Morgan fingerprint density at radius 1 is 1.36 bits per heavy atom. The SMILES string of the molecule is O=C(O)[C@H]1C[C@H]2C(O)O[C@H]3OC[C@@H]1[C@H]32. The van der Waals surface area contributed by atoms with Gasteiger partial charge in [0, 0.05) is 17.8 Å². The van der Waals surface area contributed by atoms with Gasteiger partial charge in [0.2, 0.25) is 0 Å². The first-order valence-electron chi connectivity index (χ1n) is 4.86. The molecule has 0 amide bonds. The molecule has 1 aliphatic carbocycles. The lowest BCUT2D eigenvalue weighted by Crippen LogP contribution is -2.22. The number of hydrogen-bond donors (Lipinski definition) is 2. The Hall–Kier alpha value is -0.650. The van der Waals surface area contributed by atoms with E-state index in [2.05, 4.69) is 0 Å². The third-order valence-corrected chi connectivity index (χ3v) is 3.76. The molecule has 14 heavy (non-hydrogen) atoms. The second-order valence-corrected chi connectivity index (χ2v) is 4.31. The van der Waals surface area contributed by atoms with Gasteiger partial charge in [0.15, 0.2) is 12.6 Å². The standard InChI is InChI=1S/C9H12O5/c10-7(11)3-1-4-6-5(3)2-13-9(6)14-8(4)12/h3-6,8-9,12H,1-2H2,(H,10,11)/t3-,4+,5-,6+,8?,9+/m0/s1. The van der Waals surface area contributed by atoms with Crippen LogP contribution in [0.15, 0.2) is 0 Å². The van der Waals surface area contributed by atoms with Crippen molar-refractivity contribution in [1.29, 1.82) is 0 Å². The Morgan fingerprint density at radius 3 is 2.86 bits per heavy atom. The van der Waals surface area contributed by atoms with Gasteiger partial charge >= 0.3 is 5.97 Å². The fourth-order valence-electron chi connectivity index (χ4n) is 3.12. The molecule has 2 heterocycles. The predicted molar refractivity (Wildman–Crippen MR) is 43.0 cm³/mol. The topological polar surface area (TPSA) is 76.0 Å². The third kappa shape index (κ3) is 0.920. The molecule has 78 valence electrons. The molecule has 2 aliphatic heterocycles. The summed E-state index contributed by atoms with van der Waals surface area (Å²) in [6.07, 6.45) is -0.687. The van der Waals surface area contributed by atoms with Crippen molar-refractivity contribution in [2.45, 2.75) is 19.0 Å². The zero-order valence-electron chi connectivity index (χ0n) is 7.50. The summed E-state index contributed by atoms with van der Waals surface area (Å²) in [5.74, 6) is -1.08. The summed E-state index contributed by atoms with van der Waals surface area (Å²) in [4.78, 5) is 10.9. The Labute approximate surface area is 80.6 Å². The summed E-state index contributed by atoms with van der Waals surface area (Å²) >= 11 is 0. The largest absolute Gasteiger partial charge is 0.481 e. The molecule has 1 unspecified atom stereocenters. The second kappa shape index (κ2) is 2.68. The number of carboxylic acids is 1. The molecular formula is C9H12O5. The molecule has 2 N–H and O–H groups in total. The van der Waals surface area contributed by atoms with E-state index in [1.165, 1.54) is 0 Å². The minimum absolute atomic E-state index is 0.0275. The van der Waals surface area contributed by atoms with E-state index in [1.54, 1.807) is 0 Å². The van der Waals surface area contributed by atoms with Gasteiger partial charge in [0.25, 0.3) is 0 Å². The number of carbonyl (C=O) groups is 1. The Balaban J connectivity index is 1.90. The number of carboxylic acid groups (broad SMARTS) is 1. The molecule has 0 spiro atoms. The molecule has 0 bridgehead atoms. The number of hydrogen-bond acceptors (Lipinski definition) is 4. The monoisotopic (exact) mass is 200 g/mol. The quantitative estimate of drug-likeness (QED) is 0.604. The van der Waals surface area contributed by atoms with Gasteiger partial charge in [-0.15, -0.1) is 0 Å². The van der Waals surface area contributed by atoms with Crippen molar-refractivity contribution in [3.05, 3.63) is 0 Å². The van der Waals surface area contributed by atoms with Crippen molar-refractivity contribution in [2.24, 2.45) is 23.7 Å². The van der Waals surface area contributed by atoms with Crippen LogP contribution in [0.5, 0.6) is 0 Å². The molecule has 6 atom stereocenters. The van der Waals surface area contributed by atoms with E-state index in [0.717, 1.165) is 0 Å². The highest BCUT2D eigenvalue weighted by Crippen LogP contribution is 2.54. The van der Waals surface area contributed by atoms with Crippen LogP contribution in [-0.4, -0.2) is 35.4 Å². The zero-order chi connectivity index (χ0) is 9.87. The molecule has 5 heteroatoms. The van der Waals surface area contributed by atoms with Gasteiger partial charge in [-0.2, -0.15) is 0 Å². The normalized spacial score (nSPS) is 54.9. The van der Waals surface area contributed by atoms with E-state index in [0.29, 0.717) is 13.0 Å². The zero-order valence-corrected chi connectivity index (χ0v) is 7.50. The summed E-state index contributed by atoms with van der Waals surface area (Å²) in [7, 11) is 0. The van der Waals surface area contributed by atoms with Gasteiger partial charge in [-0.1, -0.05) is 0 Å². The average Bonchev–Trinajstić information content (AvgIpc) is 2.69. The van der Waals surface area contributed by atoms with Crippen molar-refractivity contribution < 1.29 is 24.5 Å². The minimum Gasteiger partial charge on any atom is -0.481 e. The first kappa shape index (κ1) is 8.64. The number of rotatable bonds is 1. The van der Waals surface area contributed by atoms with Crippen LogP contribution in [0.2, 0.25) is 0 Å². The van der Waals surface area contributed by atoms with Crippen molar-refractivity contribution in [1.82, 2.24) is 0 Å². The molecular weight excluding hydrogens is 188 g/mol. The smallest absolute Gasteiger partial charge is 0.306 e. The molecule has 1 saturated carbocycles. The Morgan fingerprint density at radius 2 is 2.14 bits per heavy atom.